The van der Waals surface area contributed by atoms with Gasteiger partial charge in [-0.25, -0.2) is 4.98 Å². The van der Waals surface area contributed by atoms with Gasteiger partial charge in [-0.05, 0) is 26.7 Å². The van der Waals surface area contributed by atoms with Crippen molar-refractivity contribution in [2.75, 3.05) is 6.54 Å². The molecule has 0 saturated heterocycles. The first-order chi connectivity index (χ1) is 8.58. The van der Waals surface area contributed by atoms with E-state index in [9.17, 15) is 4.79 Å². The van der Waals surface area contributed by atoms with Crippen LogP contribution in [0.1, 0.15) is 50.0 Å². The summed E-state index contributed by atoms with van der Waals surface area (Å²) < 4.78 is 0. The quantitative estimate of drug-likeness (QED) is 0.798. The maximum absolute atomic E-state index is 11.7. The van der Waals surface area contributed by atoms with Crippen LogP contribution in [0, 0.1) is 0 Å². The third kappa shape index (κ3) is 4.38. The Labute approximate surface area is 113 Å². The molecule has 0 fully saturated rings. The number of thiazole rings is 1. The van der Waals surface area contributed by atoms with Crippen LogP contribution in [0.5, 0.6) is 0 Å². The highest BCUT2D eigenvalue weighted by Crippen LogP contribution is 2.20. The maximum atomic E-state index is 11.7. The molecule has 0 aliphatic carbocycles. The van der Waals surface area contributed by atoms with Crippen molar-refractivity contribution in [2.45, 2.75) is 52.6 Å². The van der Waals surface area contributed by atoms with Crippen LogP contribution in [0.2, 0.25) is 0 Å². The summed E-state index contributed by atoms with van der Waals surface area (Å²) in [5.74, 6) is 0.0518. The number of carbonyl (C=O) groups excluding carboxylic acids is 1. The summed E-state index contributed by atoms with van der Waals surface area (Å²) in [4.78, 5) is 17.4. The maximum Gasteiger partial charge on any atom is 0.236 e. The lowest BCUT2D eigenvalue weighted by Gasteiger charge is -2.17. The van der Waals surface area contributed by atoms with E-state index in [0.29, 0.717) is 0 Å². The second-order valence-electron chi connectivity index (χ2n) is 4.42. The average Bonchev–Trinajstić information content (AvgIpc) is 2.84. The topological polar surface area (TPSA) is 54.0 Å². The molecule has 0 bridgehead atoms. The molecule has 1 rings (SSSR count). The number of hydrogen-bond acceptors (Lipinski definition) is 4. The predicted octanol–water partition coefficient (Wildman–Crippen LogP) is 2.27. The smallest absolute Gasteiger partial charge is 0.236 e. The van der Waals surface area contributed by atoms with E-state index >= 15 is 0 Å². The Hall–Kier alpha value is -0.940. The zero-order chi connectivity index (χ0) is 13.5. The van der Waals surface area contributed by atoms with E-state index in [-0.39, 0.29) is 18.0 Å². The molecular formula is C13H23N3OS. The van der Waals surface area contributed by atoms with Crippen LogP contribution in [0.3, 0.4) is 0 Å². The Bertz CT molecular complexity index is 378. The lowest BCUT2D eigenvalue weighted by molar-refractivity contribution is -0.122. The zero-order valence-corrected chi connectivity index (χ0v) is 12.4. The lowest BCUT2D eigenvalue weighted by Crippen LogP contribution is -2.43. The van der Waals surface area contributed by atoms with Gasteiger partial charge in [-0.2, -0.15) is 0 Å². The van der Waals surface area contributed by atoms with Crippen molar-refractivity contribution in [3.8, 4) is 0 Å². The van der Waals surface area contributed by atoms with Gasteiger partial charge in [0.05, 0.1) is 12.1 Å². The predicted molar refractivity (Wildman–Crippen MR) is 75.8 cm³/mol. The van der Waals surface area contributed by atoms with E-state index in [2.05, 4.69) is 22.5 Å². The normalized spacial score (nSPS) is 14.2. The average molecular weight is 269 g/mol. The van der Waals surface area contributed by atoms with Crippen LogP contribution in [0.15, 0.2) is 6.20 Å². The molecule has 1 amide bonds. The molecular weight excluding hydrogens is 246 g/mol. The highest BCUT2D eigenvalue weighted by Gasteiger charge is 2.17. The number of aromatic nitrogens is 1. The fourth-order valence-electron chi connectivity index (χ4n) is 1.61. The van der Waals surface area contributed by atoms with Crippen LogP contribution >= 0.6 is 11.3 Å². The summed E-state index contributed by atoms with van der Waals surface area (Å²) in [6.45, 7) is 8.83. The second kappa shape index (κ2) is 7.48. The van der Waals surface area contributed by atoms with Crippen LogP contribution in [0.4, 0.5) is 0 Å². The first-order valence-electron chi connectivity index (χ1n) is 6.56. The Morgan fingerprint density at radius 1 is 1.44 bits per heavy atom. The van der Waals surface area contributed by atoms with Gasteiger partial charge in [-0.15, -0.1) is 11.3 Å². The third-order valence-electron chi connectivity index (χ3n) is 2.73. The van der Waals surface area contributed by atoms with Gasteiger partial charge in [-0.1, -0.05) is 13.8 Å². The highest BCUT2D eigenvalue weighted by atomic mass is 32.1. The van der Waals surface area contributed by atoms with Crippen molar-refractivity contribution in [3.63, 3.8) is 0 Å². The summed E-state index contributed by atoms with van der Waals surface area (Å²) >= 11 is 1.71. The molecule has 2 N–H and O–H groups in total. The van der Waals surface area contributed by atoms with E-state index in [4.69, 9.17) is 0 Å². The summed E-state index contributed by atoms with van der Waals surface area (Å²) in [6.07, 6.45) is 3.89. The summed E-state index contributed by atoms with van der Waals surface area (Å²) in [6, 6.07) is -0.0850. The molecule has 0 saturated carbocycles. The zero-order valence-electron chi connectivity index (χ0n) is 11.6. The largest absolute Gasteiger partial charge is 0.355 e. The number of nitrogens with zero attached hydrogens (tertiary/aromatic N) is 1. The summed E-state index contributed by atoms with van der Waals surface area (Å²) in [5, 5.41) is 7.21. The van der Waals surface area contributed by atoms with Crippen molar-refractivity contribution in [3.05, 3.63) is 16.1 Å². The molecule has 0 spiro atoms. The minimum Gasteiger partial charge on any atom is -0.355 e. The van der Waals surface area contributed by atoms with Crippen LogP contribution < -0.4 is 10.6 Å². The summed E-state index contributed by atoms with van der Waals surface area (Å²) in [5.41, 5.74) is 0. The van der Waals surface area contributed by atoms with Gasteiger partial charge in [0.25, 0.3) is 0 Å². The molecule has 4 nitrogen and oxygen atoms in total. The Morgan fingerprint density at radius 2 is 2.17 bits per heavy atom. The van der Waals surface area contributed by atoms with Gasteiger partial charge >= 0.3 is 0 Å². The van der Waals surface area contributed by atoms with Crippen LogP contribution in [-0.2, 0) is 11.2 Å². The van der Waals surface area contributed by atoms with Gasteiger partial charge < -0.3 is 5.32 Å². The van der Waals surface area contributed by atoms with E-state index < -0.39 is 0 Å². The van der Waals surface area contributed by atoms with Crippen molar-refractivity contribution >= 4 is 17.2 Å². The minimum atomic E-state index is -0.194. The van der Waals surface area contributed by atoms with Gasteiger partial charge in [0, 0.05) is 17.6 Å². The molecule has 0 radical (unpaired) electrons. The van der Waals surface area contributed by atoms with E-state index in [0.717, 1.165) is 24.4 Å². The van der Waals surface area contributed by atoms with Gasteiger partial charge in [-0.3, -0.25) is 10.1 Å². The van der Waals surface area contributed by atoms with Crippen LogP contribution in [-0.4, -0.2) is 23.5 Å². The Kier molecular flexibility index (Phi) is 6.29. The number of aryl methyl sites for hydroxylation is 1. The van der Waals surface area contributed by atoms with Gasteiger partial charge in [0.15, 0.2) is 0 Å². The monoisotopic (exact) mass is 269 g/mol. The first kappa shape index (κ1) is 15.1. The molecule has 0 aliphatic heterocycles. The van der Waals surface area contributed by atoms with Crippen molar-refractivity contribution < 1.29 is 4.79 Å². The van der Waals surface area contributed by atoms with E-state index in [1.165, 1.54) is 4.88 Å². The fraction of sp³-hybridized carbons (Fsp3) is 0.692. The molecule has 1 aromatic rings. The molecule has 2 unspecified atom stereocenters. The highest BCUT2D eigenvalue weighted by molar-refractivity contribution is 7.11. The molecule has 102 valence electrons. The standard InChI is InChI=1S/C13H23N3OS/c1-5-7-14-12(17)9(3)16-10(4)13-15-8-11(6-2)18-13/h8-10,16H,5-7H2,1-4H3,(H,14,17). The molecule has 18 heavy (non-hydrogen) atoms. The van der Waals surface area contributed by atoms with E-state index in [1.54, 1.807) is 11.3 Å². The Balaban J connectivity index is 2.48. The minimum absolute atomic E-state index is 0.0518. The molecule has 1 aromatic heterocycles. The SMILES string of the molecule is CCCNC(=O)C(C)NC(C)c1ncc(CC)s1. The number of carbonyl (C=O) groups is 1. The van der Waals surface area contributed by atoms with Crippen molar-refractivity contribution in [1.29, 1.82) is 0 Å². The lowest BCUT2D eigenvalue weighted by atomic mass is 10.2. The molecule has 1 heterocycles. The Morgan fingerprint density at radius 3 is 2.72 bits per heavy atom. The van der Waals surface area contributed by atoms with Gasteiger partial charge in [0.1, 0.15) is 5.01 Å². The molecule has 5 heteroatoms. The van der Waals surface area contributed by atoms with Crippen molar-refractivity contribution in [1.82, 2.24) is 15.6 Å². The van der Waals surface area contributed by atoms with E-state index in [1.807, 2.05) is 27.0 Å². The van der Waals surface area contributed by atoms with Crippen molar-refractivity contribution in [2.24, 2.45) is 0 Å². The fourth-order valence-corrected chi connectivity index (χ4v) is 2.48. The molecule has 2 atom stereocenters. The summed E-state index contributed by atoms with van der Waals surface area (Å²) in [7, 11) is 0. The number of nitrogens with one attached hydrogen (secondary N) is 2. The number of hydrogen-bond donors (Lipinski definition) is 2. The van der Waals surface area contributed by atoms with Gasteiger partial charge in [0.2, 0.25) is 5.91 Å². The number of amides is 1. The van der Waals surface area contributed by atoms with Crippen LogP contribution in [0.25, 0.3) is 0 Å². The third-order valence-corrected chi connectivity index (χ3v) is 4.06. The second-order valence-corrected chi connectivity index (χ2v) is 5.57. The molecule has 0 aromatic carbocycles. The number of rotatable bonds is 7. The molecule has 0 aliphatic rings. The first-order valence-corrected chi connectivity index (χ1v) is 7.38.